The number of carbonyl (C=O) groups excluding carboxylic acids is 4. The number of carbonyl (C=O) groups is 4. The zero-order chi connectivity index (χ0) is 33.8. The van der Waals surface area contributed by atoms with E-state index in [-0.39, 0.29) is 56.4 Å². The van der Waals surface area contributed by atoms with Gasteiger partial charge in [0.1, 0.15) is 23.0 Å². The Hall–Kier alpha value is -5.96. The van der Waals surface area contributed by atoms with E-state index in [4.69, 9.17) is 9.31 Å². The van der Waals surface area contributed by atoms with Gasteiger partial charge in [0.2, 0.25) is 0 Å². The molecule has 9 heteroatoms. The number of phenolic OH excluding ortho intramolecular Hbond substituents is 2. The predicted molar refractivity (Wildman–Crippen MR) is 179 cm³/mol. The first-order valence-electron chi connectivity index (χ1n) is 14.8. The number of aryl methyl sites for hydroxylation is 2. The summed E-state index contributed by atoms with van der Waals surface area (Å²) in [4.78, 5) is 52.7. The fourth-order valence-corrected chi connectivity index (χ4v) is 5.24. The summed E-state index contributed by atoms with van der Waals surface area (Å²) in [5, 5.41) is 21.5. The van der Waals surface area contributed by atoms with Crippen LogP contribution in [0.4, 0.5) is 0 Å². The standard InChI is InChI=1S/C38H31BO8/c1-22-12-8-18-29(33(22)42)35(44)32-21-11-17-28(25(4)41)38(32)47-39(26-14-6-5-7-15-26)46-37-23(2)13-9-20-31(37)36(45)30-19-10-16-27(24(3)40)34(30)43/h5-21,42-43H,1-4H3. The minimum absolute atomic E-state index is 0.00847. The Bertz CT molecular complexity index is 2030. The maximum atomic E-state index is 13.9. The topological polar surface area (TPSA) is 127 Å². The Labute approximate surface area is 272 Å². The Kier molecular flexibility index (Phi) is 9.37. The molecular weight excluding hydrogens is 595 g/mol. The van der Waals surface area contributed by atoms with E-state index in [9.17, 15) is 29.4 Å². The van der Waals surface area contributed by atoms with Gasteiger partial charge in [0.05, 0.1) is 33.4 Å². The van der Waals surface area contributed by atoms with Crippen molar-refractivity contribution in [3.8, 4) is 23.0 Å². The number of Topliss-reactive ketones (excluding diaryl/α,β-unsaturated/α-hetero) is 2. The summed E-state index contributed by atoms with van der Waals surface area (Å²) < 4.78 is 12.9. The van der Waals surface area contributed by atoms with Crippen LogP contribution >= 0.6 is 0 Å². The fourth-order valence-electron chi connectivity index (χ4n) is 5.24. The lowest BCUT2D eigenvalue weighted by molar-refractivity contribution is 0.0999. The summed E-state index contributed by atoms with van der Waals surface area (Å²) in [6.07, 6.45) is 0. The molecule has 5 rings (SSSR count). The van der Waals surface area contributed by atoms with Crippen LogP contribution in [0.1, 0.15) is 77.5 Å². The highest BCUT2D eigenvalue weighted by atomic mass is 16.6. The lowest BCUT2D eigenvalue weighted by atomic mass is 9.78. The number of phenols is 2. The third kappa shape index (κ3) is 6.55. The lowest BCUT2D eigenvalue weighted by Crippen LogP contribution is -2.43. The molecule has 0 aliphatic carbocycles. The minimum atomic E-state index is -1.28. The Balaban J connectivity index is 1.64. The third-order valence-corrected chi connectivity index (χ3v) is 7.76. The number of hydrogen-bond acceptors (Lipinski definition) is 8. The molecule has 0 radical (unpaired) electrons. The first kappa shape index (κ1) is 32.4. The van der Waals surface area contributed by atoms with Gasteiger partial charge in [-0.1, -0.05) is 66.7 Å². The van der Waals surface area contributed by atoms with Gasteiger partial charge in [-0.3, -0.25) is 19.2 Å². The number of benzene rings is 5. The van der Waals surface area contributed by atoms with Gasteiger partial charge in [-0.25, -0.2) is 0 Å². The molecule has 5 aromatic carbocycles. The van der Waals surface area contributed by atoms with Crippen molar-refractivity contribution in [2.75, 3.05) is 0 Å². The molecule has 0 fully saturated rings. The molecule has 47 heavy (non-hydrogen) atoms. The molecule has 0 aliphatic heterocycles. The second kappa shape index (κ2) is 13.6. The Morgan fingerprint density at radius 1 is 0.489 bits per heavy atom. The van der Waals surface area contributed by atoms with Crippen molar-refractivity contribution >= 4 is 35.7 Å². The largest absolute Gasteiger partial charge is 0.632 e. The van der Waals surface area contributed by atoms with Gasteiger partial charge in [0.25, 0.3) is 0 Å². The molecule has 0 bridgehead atoms. The van der Waals surface area contributed by atoms with Crippen LogP contribution < -0.4 is 14.8 Å². The van der Waals surface area contributed by atoms with Crippen LogP contribution in [0.3, 0.4) is 0 Å². The molecule has 5 aromatic rings. The van der Waals surface area contributed by atoms with Crippen LogP contribution in [-0.2, 0) is 0 Å². The highest BCUT2D eigenvalue weighted by molar-refractivity contribution is 6.63. The molecule has 0 aromatic heterocycles. The summed E-state index contributed by atoms with van der Waals surface area (Å²) in [5.74, 6) is -2.49. The summed E-state index contributed by atoms with van der Waals surface area (Å²) >= 11 is 0. The molecule has 8 nitrogen and oxygen atoms in total. The molecular formula is C38H31BO8. The number of hydrogen-bond donors (Lipinski definition) is 2. The molecule has 0 unspecified atom stereocenters. The number of rotatable bonds is 11. The maximum absolute atomic E-state index is 13.9. The van der Waals surface area contributed by atoms with E-state index >= 15 is 0 Å². The quantitative estimate of drug-likeness (QED) is 0.127. The van der Waals surface area contributed by atoms with Crippen LogP contribution in [0.15, 0.2) is 103 Å². The molecule has 0 heterocycles. The number of aromatic hydroxyl groups is 2. The van der Waals surface area contributed by atoms with Gasteiger partial charge in [0.15, 0.2) is 23.1 Å². The summed E-state index contributed by atoms with van der Waals surface area (Å²) in [7, 11) is -1.28. The Morgan fingerprint density at radius 3 is 1.53 bits per heavy atom. The summed E-state index contributed by atoms with van der Waals surface area (Å²) in [6, 6.07) is 27.5. The van der Waals surface area contributed by atoms with Crippen molar-refractivity contribution < 1.29 is 38.7 Å². The van der Waals surface area contributed by atoms with E-state index in [1.807, 2.05) is 0 Å². The normalized spacial score (nSPS) is 10.6. The third-order valence-electron chi connectivity index (χ3n) is 7.76. The van der Waals surface area contributed by atoms with Gasteiger partial charge in [-0.2, -0.15) is 0 Å². The molecule has 0 spiro atoms. The van der Waals surface area contributed by atoms with Crippen molar-refractivity contribution in [3.05, 3.63) is 148 Å². The van der Waals surface area contributed by atoms with E-state index in [0.29, 0.717) is 16.6 Å². The zero-order valence-corrected chi connectivity index (χ0v) is 26.2. The summed E-state index contributed by atoms with van der Waals surface area (Å²) in [6.45, 7) is 6.05. The van der Waals surface area contributed by atoms with Gasteiger partial charge in [-0.15, -0.1) is 0 Å². The average molecular weight is 626 g/mol. The average Bonchev–Trinajstić information content (AvgIpc) is 3.06. The zero-order valence-electron chi connectivity index (χ0n) is 26.2. The van der Waals surface area contributed by atoms with Crippen molar-refractivity contribution in [3.63, 3.8) is 0 Å². The molecule has 0 saturated heterocycles. The van der Waals surface area contributed by atoms with Crippen molar-refractivity contribution in [1.29, 1.82) is 0 Å². The van der Waals surface area contributed by atoms with E-state index in [1.165, 1.54) is 56.3 Å². The summed E-state index contributed by atoms with van der Waals surface area (Å²) in [5.41, 5.74) is 1.75. The highest BCUT2D eigenvalue weighted by Gasteiger charge is 2.33. The molecule has 0 amide bonds. The van der Waals surface area contributed by atoms with Gasteiger partial charge in [0, 0.05) is 5.46 Å². The first-order valence-corrected chi connectivity index (χ1v) is 14.8. The van der Waals surface area contributed by atoms with E-state index < -0.39 is 30.2 Å². The molecule has 0 atom stereocenters. The molecule has 0 aliphatic rings. The van der Waals surface area contributed by atoms with Gasteiger partial charge >= 0.3 is 7.12 Å². The predicted octanol–water partition coefficient (Wildman–Crippen LogP) is 6.44. The van der Waals surface area contributed by atoms with Crippen molar-refractivity contribution in [1.82, 2.24) is 0 Å². The smallest absolute Gasteiger partial charge is 0.521 e. The molecule has 234 valence electrons. The maximum Gasteiger partial charge on any atom is 0.632 e. The second-order valence-corrected chi connectivity index (χ2v) is 11.1. The highest BCUT2D eigenvalue weighted by Crippen LogP contribution is 2.34. The van der Waals surface area contributed by atoms with E-state index in [0.717, 1.165) is 0 Å². The van der Waals surface area contributed by atoms with Crippen molar-refractivity contribution in [2.45, 2.75) is 27.7 Å². The van der Waals surface area contributed by atoms with Crippen molar-refractivity contribution in [2.24, 2.45) is 0 Å². The molecule has 0 saturated carbocycles. The Morgan fingerprint density at radius 2 is 0.936 bits per heavy atom. The fraction of sp³-hybridized carbons (Fsp3) is 0.105. The van der Waals surface area contributed by atoms with Gasteiger partial charge in [-0.05, 0) is 75.2 Å². The molecule has 2 N–H and O–H groups in total. The van der Waals surface area contributed by atoms with Crippen LogP contribution in [0.25, 0.3) is 0 Å². The number of ketones is 4. The minimum Gasteiger partial charge on any atom is -0.521 e. The second-order valence-electron chi connectivity index (χ2n) is 11.1. The monoisotopic (exact) mass is 626 g/mol. The lowest BCUT2D eigenvalue weighted by Gasteiger charge is -2.23. The van der Waals surface area contributed by atoms with Gasteiger partial charge < -0.3 is 19.5 Å². The first-order chi connectivity index (χ1) is 22.5. The SMILES string of the molecule is CC(=O)c1cccc(C(=O)c2cccc(C)c2OB(Oc2c(C(C)=O)cccc2C(=O)c2cccc(C)c2O)c2ccccc2)c1O. The van der Waals surface area contributed by atoms with Crippen LogP contribution in [0, 0.1) is 13.8 Å². The van der Waals surface area contributed by atoms with E-state index in [2.05, 4.69) is 0 Å². The van der Waals surface area contributed by atoms with Crippen LogP contribution in [0.5, 0.6) is 23.0 Å². The van der Waals surface area contributed by atoms with Crippen LogP contribution in [-0.4, -0.2) is 40.5 Å². The van der Waals surface area contributed by atoms with E-state index in [1.54, 1.807) is 74.5 Å². The number of para-hydroxylation sites is 4. The van der Waals surface area contributed by atoms with Crippen LogP contribution in [0.2, 0.25) is 0 Å².